The lowest BCUT2D eigenvalue weighted by Gasteiger charge is -2.20. The second kappa shape index (κ2) is 7.26. The molecule has 0 unspecified atom stereocenters. The molecule has 4 rings (SSSR count). The Hall–Kier alpha value is -3.74. The molecule has 0 spiro atoms. The van der Waals surface area contributed by atoms with E-state index < -0.39 is 5.41 Å². The second-order valence-corrected chi connectivity index (χ2v) is 8.19. The normalized spacial score (nSPS) is 12.1. The zero-order valence-corrected chi connectivity index (χ0v) is 17.4. The molecule has 0 aliphatic rings. The molecule has 2 aromatic heterocycles. The third-order valence-electron chi connectivity index (χ3n) is 4.86. The number of rotatable bonds is 3. The van der Waals surface area contributed by atoms with Crippen LogP contribution in [0.25, 0.3) is 16.6 Å². The number of aryl methyl sites for hydroxylation is 1. The summed E-state index contributed by atoms with van der Waals surface area (Å²) in [5.74, 6) is 0.527. The lowest BCUT2D eigenvalue weighted by molar-refractivity contribution is 0.506. The van der Waals surface area contributed by atoms with Gasteiger partial charge in [-0.2, -0.15) is 9.78 Å². The Morgan fingerprint density at radius 3 is 2.33 bits per heavy atom. The van der Waals surface area contributed by atoms with Gasteiger partial charge in [0.2, 0.25) is 0 Å². The molecular formula is C23H23N5O2. The number of nitrogens with zero attached hydrogens (tertiary/aromatic N) is 4. The first-order chi connectivity index (χ1) is 14.3. The predicted molar refractivity (Wildman–Crippen MR) is 119 cm³/mol. The van der Waals surface area contributed by atoms with Gasteiger partial charge in [-0.05, 0) is 31.2 Å². The Kier molecular flexibility index (Phi) is 4.73. The summed E-state index contributed by atoms with van der Waals surface area (Å²) >= 11 is 0. The van der Waals surface area contributed by atoms with E-state index in [0.717, 1.165) is 5.69 Å². The highest BCUT2D eigenvalue weighted by Crippen LogP contribution is 2.21. The molecule has 0 fully saturated rings. The van der Waals surface area contributed by atoms with E-state index in [0.29, 0.717) is 28.0 Å². The van der Waals surface area contributed by atoms with Crippen molar-refractivity contribution in [2.24, 2.45) is 5.10 Å². The van der Waals surface area contributed by atoms with Crippen molar-refractivity contribution in [2.45, 2.75) is 33.1 Å². The second-order valence-electron chi connectivity index (χ2n) is 8.19. The number of hydrogen-bond acceptors (Lipinski definition) is 4. The fourth-order valence-corrected chi connectivity index (χ4v) is 3.30. The lowest BCUT2D eigenvalue weighted by atomic mass is 9.95. The molecule has 0 bridgehead atoms. The van der Waals surface area contributed by atoms with Crippen LogP contribution in [-0.2, 0) is 5.41 Å². The summed E-state index contributed by atoms with van der Waals surface area (Å²) < 4.78 is 2.75. The van der Waals surface area contributed by atoms with Crippen molar-refractivity contribution in [1.29, 1.82) is 0 Å². The first-order valence-electron chi connectivity index (χ1n) is 9.71. The number of aromatic nitrogens is 4. The van der Waals surface area contributed by atoms with Gasteiger partial charge in [0.15, 0.2) is 0 Å². The van der Waals surface area contributed by atoms with E-state index in [1.807, 2.05) is 63.2 Å². The fourth-order valence-electron chi connectivity index (χ4n) is 3.30. The van der Waals surface area contributed by atoms with Crippen molar-refractivity contribution < 1.29 is 0 Å². The quantitative estimate of drug-likeness (QED) is 0.534. The highest BCUT2D eigenvalue weighted by atomic mass is 16.1. The molecule has 2 heterocycles. The molecular weight excluding hydrogens is 378 g/mol. The Morgan fingerprint density at radius 2 is 1.63 bits per heavy atom. The molecule has 0 aliphatic carbocycles. The van der Waals surface area contributed by atoms with Crippen molar-refractivity contribution in [2.75, 3.05) is 0 Å². The molecule has 0 saturated heterocycles. The molecule has 0 amide bonds. The van der Waals surface area contributed by atoms with Crippen molar-refractivity contribution in [3.63, 3.8) is 0 Å². The maximum absolute atomic E-state index is 13.1. The largest absolute Gasteiger partial charge is 0.295 e. The third kappa shape index (κ3) is 3.39. The zero-order chi connectivity index (χ0) is 21.5. The standard InChI is InChI=1S/C23H23N5O2/c1-15-18(21(30)27(26-15)16-10-6-5-7-11-16)14-24-28-20(29)17-12-8-9-13-19(17)25-22(28)23(2,3)4/h5-14,26H,1-4H3. The van der Waals surface area contributed by atoms with Gasteiger partial charge in [-0.3, -0.25) is 14.7 Å². The number of nitrogens with one attached hydrogen (secondary N) is 1. The average molecular weight is 401 g/mol. The number of fused-ring (bicyclic) bond motifs is 1. The van der Waals surface area contributed by atoms with E-state index in [2.05, 4.69) is 15.2 Å². The number of para-hydroxylation sites is 2. The molecule has 0 saturated carbocycles. The van der Waals surface area contributed by atoms with Gasteiger partial charge in [-0.25, -0.2) is 9.67 Å². The highest BCUT2D eigenvalue weighted by Gasteiger charge is 2.23. The Bertz CT molecular complexity index is 1370. The number of hydrogen-bond donors (Lipinski definition) is 1. The Morgan fingerprint density at radius 1 is 0.967 bits per heavy atom. The molecule has 1 N–H and O–H groups in total. The van der Waals surface area contributed by atoms with Gasteiger partial charge < -0.3 is 0 Å². The predicted octanol–water partition coefficient (Wildman–Crippen LogP) is 3.36. The van der Waals surface area contributed by atoms with Crippen molar-refractivity contribution in [1.82, 2.24) is 19.4 Å². The number of benzene rings is 2. The smallest absolute Gasteiger partial charge is 0.282 e. The highest BCUT2D eigenvalue weighted by molar-refractivity contribution is 5.81. The SMILES string of the molecule is Cc1[nH]n(-c2ccccc2)c(=O)c1C=Nn1c(C(C)(C)C)nc2ccccc2c1=O. The van der Waals surface area contributed by atoms with E-state index in [4.69, 9.17) is 0 Å². The van der Waals surface area contributed by atoms with Crippen molar-refractivity contribution in [3.05, 3.63) is 92.4 Å². The van der Waals surface area contributed by atoms with Gasteiger partial charge >= 0.3 is 0 Å². The van der Waals surface area contributed by atoms with E-state index in [1.165, 1.54) is 15.6 Å². The molecule has 2 aromatic carbocycles. The summed E-state index contributed by atoms with van der Waals surface area (Å²) in [7, 11) is 0. The topological polar surface area (TPSA) is 85.0 Å². The summed E-state index contributed by atoms with van der Waals surface area (Å²) in [6.45, 7) is 7.72. The Balaban J connectivity index is 1.88. The molecule has 0 radical (unpaired) electrons. The Labute approximate surface area is 173 Å². The monoisotopic (exact) mass is 401 g/mol. The van der Waals surface area contributed by atoms with Gasteiger partial charge in [0.05, 0.1) is 28.4 Å². The summed E-state index contributed by atoms with van der Waals surface area (Å²) in [5, 5.41) is 7.95. The van der Waals surface area contributed by atoms with Gasteiger partial charge in [0.1, 0.15) is 5.82 Å². The lowest BCUT2D eigenvalue weighted by Crippen LogP contribution is -2.29. The van der Waals surface area contributed by atoms with E-state index >= 15 is 0 Å². The van der Waals surface area contributed by atoms with Crippen LogP contribution in [0.4, 0.5) is 0 Å². The minimum absolute atomic E-state index is 0.235. The fraction of sp³-hybridized carbons (Fsp3) is 0.217. The van der Waals surface area contributed by atoms with Crippen LogP contribution in [0.1, 0.15) is 37.9 Å². The first-order valence-corrected chi connectivity index (χ1v) is 9.71. The van der Waals surface area contributed by atoms with Crippen LogP contribution >= 0.6 is 0 Å². The van der Waals surface area contributed by atoms with Gasteiger partial charge in [0.25, 0.3) is 11.1 Å². The molecule has 7 heteroatoms. The van der Waals surface area contributed by atoms with Crippen LogP contribution in [-0.4, -0.2) is 25.7 Å². The summed E-state index contributed by atoms with van der Waals surface area (Å²) in [6, 6.07) is 16.5. The minimum atomic E-state index is -0.419. The van der Waals surface area contributed by atoms with E-state index in [-0.39, 0.29) is 11.1 Å². The van der Waals surface area contributed by atoms with Crippen LogP contribution in [0.5, 0.6) is 0 Å². The summed E-state index contributed by atoms with van der Waals surface area (Å²) in [6.07, 6.45) is 1.43. The summed E-state index contributed by atoms with van der Waals surface area (Å²) in [5.41, 5.74) is 1.48. The molecule has 152 valence electrons. The van der Waals surface area contributed by atoms with Gasteiger partial charge in [-0.1, -0.05) is 51.1 Å². The van der Waals surface area contributed by atoms with Crippen molar-refractivity contribution >= 4 is 17.1 Å². The minimum Gasteiger partial charge on any atom is -0.295 e. The molecule has 0 aliphatic heterocycles. The maximum atomic E-state index is 13.1. The van der Waals surface area contributed by atoms with Gasteiger partial charge in [-0.15, -0.1) is 0 Å². The van der Waals surface area contributed by atoms with Crippen LogP contribution in [0, 0.1) is 6.92 Å². The van der Waals surface area contributed by atoms with Crippen molar-refractivity contribution in [3.8, 4) is 5.69 Å². The molecule has 7 nitrogen and oxygen atoms in total. The maximum Gasteiger partial charge on any atom is 0.282 e. The van der Waals surface area contributed by atoms with E-state index in [9.17, 15) is 9.59 Å². The molecule has 0 atom stereocenters. The third-order valence-corrected chi connectivity index (χ3v) is 4.86. The van der Waals surface area contributed by atoms with E-state index in [1.54, 1.807) is 19.1 Å². The summed E-state index contributed by atoms with van der Waals surface area (Å²) in [4.78, 5) is 30.7. The number of aromatic amines is 1. The van der Waals surface area contributed by atoms with Crippen LogP contribution in [0.15, 0.2) is 69.3 Å². The molecule has 4 aromatic rings. The van der Waals surface area contributed by atoms with Gasteiger partial charge in [0, 0.05) is 11.1 Å². The average Bonchev–Trinajstić information content (AvgIpc) is 3.01. The number of H-pyrrole nitrogens is 1. The first kappa shape index (κ1) is 19.6. The van der Waals surface area contributed by atoms with Crippen LogP contribution in [0.3, 0.4) is 0 Å². The van der Waals surface area contributed by atoms with Crippen LogP contribution < -0.4 is 11.1 Å². The zero-order valence-electron chi connectivity index (χ0n) is 17.4. The van der Waals surface area contributed by atoms with Crippen LogP contribution in [0.2, 0.25) is 0 Å². The molecule has 30 heavy (non-hydrogen) atoms.